The van der Waals surface area contributed by atoms with E-state index in [2.05, 4.69) is 29.5 Å². The predicted molar refractivity (Wildman–Crippen MR) is 121 cm³/mol. The smallest absolute Gasteiger partial charge is 0.331 e. The Bertz CT molecular complexity index is 1130. The lowest BCUT2D eigenvalue weighted by Gasteiger charge is -2.17. The first kappa shape index (κ1) is 21.9. The molecule has 156 valence electrons. The van der Waals surface area contributed by atoms with Crippen LogP contribution in [0.15, 0.2) is 72.8 Å². The van der Waals surface area contributed by atoms with Gasteiger partial charge in [0.05, 0.1) is 22.9 Å². The average molecular weight is 434 g/mol. The Morgan fingerprint density at radius 3 is 2.48 bits per heavy atom. The molecule has 0 bridgehead atoms. The van der Waals surface area contributed by atoms with Crippen LogP contribution in [0.1, 0.15) is 21.5 Å². The summed E-state index contributed by atoms with van der Waals surface area (Å²) in [4.78, 5) is 24.5. The number of anilines is 2. The molecule has 3 aromatic carbocycles. The van der Waals surface area contributed by atoms with Gasteiger partial charge in [-0.1, -0.05) is 37.1 Å². The van der Waals surface area contributed by atoms with Gasteiger partial charge in [-0.3, -0.25) is 4.79 Å². The van der Waals surface area contributed by atoms with Gasteiger partial charge in [0.15, 0.2) is 0 Å². The molecule has 0 aromatic heterocycles. The molecule has 0 atom stereocenters. The third-order valence-corrected chi connectivity index (χ3v) is 4.84. The molecule has 6 nitrogen and oxygen atoms in total. The van der Waals surface area contributed by atoms with Gasteiger partial charge in [-0.05, 0) is 60.5 Å². The monoisotopic (exact) mass is 434 g/mol. The van der Waals surface area contributed by atoms with Crippen LogP contribution in [0, 0.1) is 17.1 Å². The Labute approximate surface area is 184 Å². The number of nitrogens with one attached hydrogen (secondary N) is 2. The fourth-order valence-electron chi connectivity index (χ4n) is 2.83. The van der Waals surface area contributed by atoms with Crippen LogP contribution in [0.25, 0.3) is 0 Å². The minimum atomic E-state index is -0.603. The first-order chi connectivity index (χ1) is 15.0. The summed E-state index contributed by atoms with van der Waals surface area (Å²) in [6.45, 7) is 0.377. The van der Waals surface area contributed by atoms with Crippen LogP contribution >= 0.6 is 12.8 Å². The Morgan fingerprint density at radius 1 is 1.03 bits per heavy atom. The van der Waals surface area contributed by atoms with Gasteiger partial charge in [0.25, 0.3) is 5.91 Å². The number of carbonyl (C=O) groups excluding carboxylic acids is 2. The number of hydrogen-bond donors (Lipinski definition) is 3. The van der Waals surface area contributed by atoms with Crippen molar-refractivity contribution >= 4 is 36.1 Å². The largest absolute Gasteiger partial charge is 0.337 e. The molecule has 0 spiro atoms. The van der Waals surface area contributed by atoms with Gasteiger partial charge in [0.2, 0.25) is 0 Å². The highest BCUT2D eigenvalue weighted by molar-refractivity contribution is 7.82. The van der Waals surface area contributed by atoms with Crippen molar-refractivity contribution in [3.05, 3.63) is 95.3 Å². The molecule has 2 N–H and O–H groups in total. The van der Waals surface area contributed by atoms with E-state index >= 15 is 0 Å². The van der Waals surface area contributed by atoms with E-state index in [1.807, 2.05) is 6.07 Å². The standard InChI is InChI=1S/C23H19FN4O2S/c24-21-7-2-1-6-20(21)22(29)27-18-8-10-19(11-9-18)28(31)23(30)26-13-12-16-4-3-5-17(14-16)15-25/h1-11,14,31H,12-13H2,(H,26,30)(H,27,29). The van der Waals surface area contributed by atoms with Crippen molar-refractivity contribution < 1.29 is 14.0 Å². The maximum absolute atomic E-state index is 13.7. The summed E-state index contributed by atoms with van der Waals surface area (Å²) < 4.78 is 14.9. The molecular formula is C23H19FN4O2S. The molecule has 0 aliphatic carbocycles. The number of thiol groups is 1. The summed E-state index contributed by atoms with van der Waals surface area (Å²) in [5, 5.41) is 14.3. The number of nitriles is 1. The maximum Gasteiger partial charge on any atom is 0.331 e. The third kappa shape index (κ3) is 5.84. The van der Waals surface area contributed by atoms with Crippen molar-refractivity contribution in [3.8, 4) is 6.07 Å². The second-order valence-corrected chi connectivity index (χ2v) is 6.99. The maximum atomic E-state index is 13.7. The molecular weight excluding hydrogens is 415 g/mol. The zero-order valence-electron chi connectivity index (χ0n) is 16.4. The van der Waals surface area contributed by atoms with E-state index in [1.165, 1.54) is 18.2 Å². The van der Waals surface area contributed by atoms with Crippen molar-refractivity contribution in [1.29, 1.82) is 5.26 Å². The van der Waals surface area contributed by atoms with Crippen LogP contribution in [-0.4, -0.2) is 18.5 Å². The highest BCUT2D eigenvalue weighted by Crippen LogP contribution is 2.20. The topological polar surface area (TPSA) is 85.2 Å². The van der Waals surface area contributed by atoms with Crippen LogP contribution in [0.5, 0.6) is 0 Å². The van der Waals surface area contributed by atoms with Crippen LogP contribution in [0.4, 0.5) is 20.6 Å². The molecule has 0 saturated heterocycles. The molecule has 3 aromatic rings. The summed E-state index contributed by atoms with van der Waals surface area (Å²) in [7, 11) is 0. The first-order valence-corrected chi connectivity index (χ1v) is 9.80. The number of nitrogens with zero attached hydrogens (tertiary/aromatic N) is 2. The summed E-state index contributed by atoms with van der Waals surface area (Å²) in [6.07, 6.45) is 0.573. The highest BCUT2D eigenvalue weighted by Gasteiger charge is 2.13. The van der Waals surface area contributed by atoms with Crippen molar-refractivity contribution in [2.24, 2.45) is 0 Å². The van der Waals surface area contributed by atoms with E-state index < -0.39 is 17.8 Å². The number of halogens is 1. The van der Waals surface area contributed by atoms with Crippen molar-refractivity contribution in [1.82, 2.24) is 5.32 Å². The van der Waals surface area contributed by atoms with Gasteiger partial charge < -0.3 is 10.6 Å². The second-order valence-electron chi connectivity index (χ2n) is 6.59. The minimum absolute atomic E-state index is 0.0536. The Kier molecular flexibility index (Phi) is 7.25. The van der Waals surface area contributed by atoms with Gasteiger partial charge in [-0.15, -0.1) is 0 Å². The minimum Gasteiger partial charge on any atom is -0.337 e. The van der Waals surface area contributed by atoms with E-state index in [4.69, 9.17) is 5.26 Å². The second kappa shape index (κ2) is 10.3. The van der Waals surface area contributed by atoms with Gasteiger partial charge in [-0.2, -0.15) is 5.26 Å². The van der Waals surface area contributed by atoms with E-state index in [0.717, 1.165) is 9.87 Å². The van der Waals surface area contributed by atoms with E-state index in [0.29, 0.717) is 29.9 Å². The first-order valence-electron chi connectivity index (χ1n) is 9.40. The Balaban J connectivity index is 1.53. The quantitative estimate of drug-likeness (QED) is 0.498. The predicted octanol–water partition coefficient (Wildman–Crippen LogP) is 4.55. The summed E-state index contributed by atoms with van der Waals surface area (Å²) in [5.41, 5.74) is 2.41. The van der Waals surface area contributed by atoms with Crippen molar-refractivity contribution in [3.63, 3.8) is 0 Å². The average Bonchev–Trinajstić information content (AvgIpc) is 2.79. The molecule has 0 saturated carbocycles. The molecule has 0 aliphatic rings. The number of amides is 3. The van der Waals surface area contributed by atoms with Gasteiger partial charge in [0.1, 0.15) is 5.82 Å². The van der Waals surface area contributed by atoms with E-state index in [-0.39, 0.29) is 5.56 Å². The molecule has 3 rings (SSSR count). The normalized spacial score (nSPS) is 10.1. The van der Waals surface area contributed by atoms with Gasteiger partial charge in [0, 0.05) is 12.2 Å². The molecule has 0 fully saturated rings. The molecule has 0 heterocycles. The Morgan fingerprint density at radius 2 is 1.77 bits per heavy atom. The fraction of sp³-hybridized carbons (Fsp3) is 0.0870. The highest BCUT2D eigenvalue weighted by atomic mass is 32.1. The number of hydrogen-bond acceptors (Lipinski definition) is 4. The zero-order valence-corrected chi connectivity index (χ0v) is 17.3. The van der Waals surface area contributed by atoms with Crippen molar-refractivity contribution in [2.75, 3.05) is 16.2 Å². The summed E-state index contributed by atoms with van der Waals surface area (Å²) in [5.74, 6) is -1.17. The zero-order chi connectivity index (χ0) is 22.2. The van der Waals surface area contributed by atoms with E-state index in [9.17, 15) is 14.0 Å². The Hall–Kier alpha value is -3.83. The molecule has 31 heavy (non-hydrogen) atoms. The fourth-order valence-corrected chi connectivity index (χ4v) is 3.04. The molecule has 3 amide bonds. The van der Waals surface area contributed by atoms with Crippen LogP contribution in [-0.2, 0) is 6.42 Å². The lowest BCUT2D eigenvalue weighted by Crippen LogP contribution is -2.35. The lowest BCUT2D eigenvalue weighted by molar-refractivity contribution is 0.102. The lowest BCUT2D eigenvalue weighted by atomic mass is 10.1. The number of carbonyl (C=O) groups is 2. The molecule has 0 aliphatic heterocycles. The summed E-state index contributed by atoms with van der Waals surface area (Å²) in [6, 6.07) is 21.0. The van der Waals surface area contributed by atoms with Gasteiger partial charge >= 0.3 is 6.03 Å². The van der Waals surface area contributed by atoms with Crippen LogP contribution < -0.4 is 14.9 Å². The van der Waals surface area contributed by atoms with Crippen molar-refractivity contribution in [2.45, 2.75) is 6.42 Å². The van der Waals surface area contributed by atoms with Gasteiger partial charge in [-0.25, -0.2) is 13.5 Å². The third-order valence-electron chi connectivity index (χ3n) is 4.43. The SMILES string of the molecule is N#Cc1cccc(CCNC(=O)N(S)c2ccc(NC(=O)c3ccccc3F)cc2)c1. The number of rotatable bonds is 6. The summed E-state index contributed by atoms with van der Waals surface area (Å²) >= 11 is 4.22. The molecule has 0 radical (unpaired) electrons. The van der Waals surface area contributed by atoms with Crippen LogP contribution in [0.2, 0.25) is 0 Å². The van der Waals surface area contributed by atoms with E-state index in [1.54, 1.807) is 48.5 Å². The molecule has 8 heteroatoms. The molecule has 0 unspecified atom stereocenters. The number of benzene rings is 3. The van der Waals surface area contributed by atoms with Crippen LogP contribution in [0.3, 0.4) is 0 Å². The number of urea groups is 1.